The number of hydrogen-bond acceptors (Lipinski definition) is 4. The van der Waals surface area contributed by atoms with Crippen molar-refractivity contribution in [3.63, 3.8) is 0 Å². The number of rotatable bonds is 3. The Morgan fingerprint density at radius 1 is 1.35 bits per heavy atom. The highest BCUT2D eigenvalue weighted by molar-refractivity contribution is 6.30. The van der Waals surface area contributed by atoms with Crippen LogP contribution in [0.5, 0.6) is 5.75 Å². The second kappa shape index (κ2) is 6.91. The summed E-state index contributed by atoms with van der Waals surface area (Å²) in [6, 6.07) is 5.64. The van der Waals surface area contributed by atoms with Crippen molar-refractivity contribution >= 4 is 23.6 Å². The topological polar surface area (TPSA) is 53.0 Å². The number of carbonyl (C=O) groups excluding carboxylic acids is 1. The van der Waals surface area contributed by atoms with Gasteiger partial charge in [0.2, 0.25) is 0 Å². The van der Waals surface area contributed by atoms with E-state index in [2.05, 4.69) is 11.0 Å². The Labute approximate surface area is 141 Å². The van der Waals surface area contributed by atoms with Gasteiger partial charge in [-0.2, -0.15) is 0 Å². The fraction of sp³-hybridized carbons (Fsp3) is 0.471. The number of halogens is 1. The summed E-state index contributed by atoms with van der Waals surface area (Å²) in [5, 5.41) is 10.1. The number of nitrogens with zero attached hydrogens (tertiary/aromatic N) is 2. The van der Waals surface area contributed by atoms with E-state index in [0.29, 0.717) is 24.7 Å². The van der Waals surface area contributed by atoms with Crippen molar-refractivity contribution in [1.29, 1.82) is 0 Å². The molecule has 23 heavy (non-hydrogen) atoms. The van der Waals surface area contributed by atoms with E-state index in [-0.39, 0.29) is 5.91 Å². The molecule has 2 heterocycles. The predicted octanol–water partition coefficient (Wildman–Crippen LogP) is 1.64. The van der Waals surface area contributed by atoms with Gasteiger partial charge in [-0.15, -0.1) is 0 Å². The lowest BCUT2D eigenvalue weighted by Crippen LogP contribution is -2.51. The summed E-state index contributed by atoms with van der Waals surface area (Å²) in [5.74, 6) is 0.680. The molecule has 2 aliphatic heterocycles. The van der Waals surface area contributed by atoms with Crippen LogP contribution in [-0.2, 0) is 4.79 Å². The number of amides is 1. The molecular formula is C17H21ClN2O3. The normalized spacial score (nSPS) is 19.6. The van der Waals surface area contributed by atoms with E-state index in [1.807, 2.05) is 18.2 Å². The highest BCUT2D eigenvalue weighted by atomic mass is 35.5. The number of ether oxygens (including phenoxy) is 1. The van der Waals surface area contributed by atoms with Crippen LogP contribution in [0, 0.1) is 0 Å². The molecule has 0 spiro atoms. The molecule has 5 nitrogen and oxygen atoms in total. The minimum absolute atomic E-state index is 0.187. The number of piperazine rings is 1. The van der Waals surface area contributed by atoms with Gasteiger partial charge in [0.1, 0.15) is 18.5 Å². The Balaban J connectivity index is 1.58. The number of fused-ring (bicyclic) bond motifs is 1. The Kier molecular flexibility index (Phi) is 4.90. The van der Waals surface area contributed by atoms with Gasteiger partial charge in [-0.25, -0.2) is 0 Å². The smallest absolute Gasteiger partial charge is 0.251 e. The Morgan fingerprint density at radius 2 is 2.09 bits per heavy atom. The lowest BCUT2D eigenvalue weighted by Gasteiger charge is -2.36. The summed E-state index contributed by atoms with van der Waals surface area (Å²) >= 11 is 6.03. The zero-order chi connectivity index (χ0) is 16.4. The van der Waals surface area contributed by atoms with Gasteiger partial charge in [0, 0.05) is 43.3 Å². The van der Waals surface area contributed by atoms with E-state index in [1.54, 1.807) is 4.90 Å². The van der Waals surface area contributed by atoms with E-state index in [0.717, 1.165) is 30.9 Å². The molecule has 6 heteroatoms. The second-order valence-corrected chi connectivity index (χ2v) is 6.49. The van der Waals surface area contributed by atoms with Gasteiger partial charge in [-0.1, -0.05) is 11.6 Å². The molecule has 1 amide bonds. The van der Waals surface area contributed by atoms with E-state index in [4.69, 9.17) is 16.3 Å². The molecule has 0 radical (unpaired) electrons. The molecule has 0 aliphatic carbocycles. The summed E-state index contributed by atoms with van der Waals surface area (Å²) in [6.45, 7) is 5.84. The molecule has 0 aromatic heterocycles. The quantitative estimate of drug-likeness (QED) is 0.911. The molecule has 1 N–H and O–H groups in total. The highest BCUT2D eigenvalue weighted by Crippen LogP contribution is 2.29. The predicted molar refractivity (Wildman–Crippen MR) is 89.6 cm³/mol. The maximum absolute atomic E-state index is 11.8. The average Bonchev–Trinajstić information content (AvgIpc) is 2.54. The number of carbonyl (C=O) groups is 1. The molecule has 0 bridgehead atoms. The van der Waals surface area contributed by atoms with Crippen molar-refractivity contribution in [2.24, 2.45) is 0 Å². The molecule has 1 aromatic carbocycles. The van der Waals surface area contributed by atoms with Crippen LogP contribution in [-0.4, -0.2) is 66.2 Å². The minimum atomic E-state index is -0.919. The molecular weight excluding hydrogens is 316 g/mol. The van der Waals surface area contributed by atoms with Gasteiger partial charge >= 0.3 is 0 Å². The van der Waals surface area contributed by atoms with Gasteiger partial charge in [0.15, 0.2) is 0 Å². The van der Waals surface area contributed by atoms with Crippen molar-refractivity contribution in [2.75, 3.05) is 39.3 Å². The van der Waals surface area contributed by atoms with Gasteiger partial charge < -0.3 is 14.7 Å². The van der Waals surface area contributed by atoms with Crippen LogP contribution in [0.3, 0.4) is 0 Å². The molecule has 0 saturated carbocycles. The molecule has 1 unspecified atom stereocenters. The third-order valence-electron chi connectivity index (χ3n) is 4.21. The number of aliphatic hydroxyl groups is 1. The summed E-state index contributed by atoms with van der Waals surface area (Å²) in [6.07, 6.45) is 1.22. The standard InChI is InChI=1S/C17H21ClN2O3/c1-12(21)17(22)20-6-4-19(5-7-20)10-13-8-14-9-15(18)2-3-16(14)23-11-13/h2-3,8-9,12,21H,4-7,10-11H2,1H3. The lowest BCUT2D eigenvalue weighted by molar-refractivity contribution is -0.140. The van der Waals surface area contributed by atoms with Gasteiger partial charge in [0.25, 0.3) is 5.91 Å². The lowest BCUT2D eigenvalue weighted by atomic mass is 10.1. The fourth-order valence-electron chi connectivity index (χ4n) is 2.96. The number of aliphatic hydroxyl groups excluding tert-OH is 1. The van der Waals surface area contributed by atoms with Gasteiger partial charge in [0.05, 0.1) is 0 Å². The van der Waals surface area contributed by atoms with E-state index in [9.17, 15) is 9.90 Å². The van der Waals surface area contributed by atoms with Crippen LogP contribution >= 0.6 is 11.6 Å². The van der Waals surface area contributed by atoms with Crippen LogP contribution in [0.25, 0.3) is 6.08 Å². The largest absolute Gasteiger partial charge is 0.489 e. The Hall–Kier alpha value is -1.56. The highest BCUT2D eigenvalue weighted by Gasteiger charge is 2.24. The molecule has 1 saturated heterocycles. The summed E-state index contributed by atoms with van der Waals surface area (Å²) in [7, 11) is 0. The SMILES string of the molecule is CC(O)C(=O)N1CCN(CC2=Cc3cc(Cl)ccc3OC2)CC1. The zero-order valence-corrected chi connectivity index (χ0v) is 13.9. The molecule has 124 valence electrons. The number of benzene rings is 1. The molecule has 2 aliphatic rings. The van der Waals surface area contributed by atoms with Crippen LogP contribution in [0.15, 0.2) is 23.8 Å². The van der Waals surface area contributed by atoms with E-state index in [1.165, 1.54) is 12.5 Å². The third-order valence-corrected chi connectivity index (χ3v) is 4.45. The van der Waals surface area contributed by atoms with Crippen LogP contribution in [0.2, 0.25) is 5.02 Å². The van der Waals surface area contributed by atoms with E-state index < -0.39 is 6.10 Å². The van der Waals surface area contributed by atoms with Crippen LogP contribution < -0.4 is 4.74 Å². The second-order valence-electron chi connectivity index (χ2n) is 6.05. The Morgan fingerprint density at radius 3 is 2.78 bits per heavy atom. The first-order valence-electron chi connectivity index (χ1n) is 7.84. The fourth-order valence-corrected chi connectivity index (χ4v) is 3.15. The summed E-state index contributed by atoms with van der Waals surface area (Å²) in [5.41, 5.74) is 2.22. The maximum Gasteiger partial charge on any atom is 0.251 e. The number of hydrogen-bond donors (Lipinski definition) is 1. The third kappa shape index (κ3) is 3.86. The minimum Gasteiger partial charge on any atom is -0.489 e. The molecule has 1 fully saturated rings. The van der Waals surface area contributed by atoms with Crippen molar-refractivity contribution in [2.45, 2.75) is 13.0 Å². The van der Waals surface area contributed by atoms with Crippen LogP contribution in [0.1, 0.15) is 12.5 Å². The monoisotopic (exact) mass is 336 g/mol. The molecule has 3 rings (SSSR count). The van der Waals surface area contributed by atoms with Crippen molar-refractivity contribution in [3.8, 4) is 5.75 Å². The molecule has 1 atom stereocenters. The van der Waals surface area contributed by atoms with Gasteiger partial charge in [-0.05, 0) is 36.8 Å². The average molecular weight is 337 g/mol. The first-order chi connectivity index (χ1) is 11.0. The van der Waals surface area contributed by atoms with E-state index >= 15 is 0 Å². The summed E-state index contributed by atoms with van der Waals surface area (Å²) < 4.78 is 5.77. The maximum atomic E-state index is 11.8. The van der Waals surface area contributed by atoms with Crippen molar-refractivity contribution < 1.29 is 14.6 Å². The first-order valence-corrected chi connectivity index (χ1v) is 8.22. The Bertz CT molecular complexity index is 622. The first kappa shape index (κ1) is 16.3. The summed E-state index contributed by atoms with van der Waals surface area (Å²) in [4.78, 5) is 15.8. The van der Waals surface area contributed by atoms with Gasteiger partial charge in [-0.3, -0.25) is 9.69 Å². The van der Waals surface area contributed by atoms with Crippen LogP contribution in [0.4, 0.5) is 0 Å². The van der Waals surface area contributed by atoms with Crippen molar-refractivity contribution in [1.82, 2.24) is 9.80 Å². The molecule has 1 aromatic rings. The zero-order valence-electron chi connectivity index (χ0n) is 13.2. The van der Waals surface area contributed by atoms with Crippen molar-refractivity contribution in [3.05, 3.63) is 34.4 Å².